The second-order valence-corrected chi connectivity index (χ2v) is 7.10. The van der Waals surface area contributed by atoms with Gasteiger partial charge in [-0.2, -0.15) is 5.10 Å². The summed E-state index contributed by atoms with van der Waals surface area (Å²) in [7, 11) is 1.69. The van der Waals surface area contributed by atoms with E-state index in [1.807, 2.05) is 13.0 Å². The van der Waals surface area contributed by atoms with E-state index in [0.29, 0.717) is 6.42 Å². The molecule has 2 atom stereocenters. The summed E-state index contributed by atoms with van der Waals surface area (Å²) < 4.78 is 5.37. The summed E-state index contributed by atoms with van der Waals surface area (Å²) in [6.07, 6.45) is 2.43. The first-order chi connectivity index (χ1) is 12.6. The van der Waals surface area contributed by atoms with Crippen LogP contribution in [-0.4, -0.2) is 23.7 Å². The van der Waals surface area contributed by atoms with E-state index in [2.05, 4.69) is 43.3 Å². The number of amides is 1. The van der Waals surface area contributed by atoms with Crippen molar-refractivity contribution in [1.82, 2.24) is 5.01 Å². The Morgan fingerprint density at radius 1 is 1.23 bits per heavy atom. The van der Waals surface area contributed by atoms with E-state index in [4.69, 9.17) is 9.84 Å². The van der Waals surface area contributed by atoms with Crippen LogP contribution in [0.15, 0.2) is 47.6 Å². The molecule has 134 valence electrons. The summed E-state index contributed by atoms with van der Waals surface area (Å²) in [5.74, 6) is 1.19. The van der Waals surface area contributed by atoms with Crippen LogP contribution >= 0.6 is 0 Å². The van der Waals surface area contributed by atoms with E-state index in [-0.39, 0.29) is 17.9 Å². The number of nitrogens with zero attached hydrogens (tertiary/aromatic N) is 2. The van der Waals surface area contributed by atoms with Crippen molar-refractivity contribution in [2.45, 2.75) is 39.2 Å². The highest BCUT2D eigenvalue weighted by atomic mass is 16.5. The van der Waals surface area contributed by atoms with Crippen molar-refractivity contribution < 1.29 is 9.53 Å². The molecule has 4 heteroatoms. The van der Waals surface area contributed by atoms with Crippen molar-refractivity contribution in [2.24, 2.45) is 11.0 Å². The zero-order chi connectivity index (χ0) is 18.3. The van der Waals surface area contributed by atoms with Crippen molar-refractivity contribution in [3.63, 3.8) is 0 Å². The molecule has 2 aromatic carbocycles. The molecular formula is C22H24N2O2. The number of aryl methyl sites for hydroxylation is 2. The highest BCUT2D eigenvalue weighted by molar-refractivity contribution is 6.07. The number of methoxy groups -OCH3 is 1. The Bertz CT molecular complexity index is 870. The van der Waals surface area contributed by atoms with Gasteiger partial charge >= 0.3 is 0 Å². The molecule has 1 aliphatic carbocycles. The van der Waals surface area contributed by atoms with Crippen LogP contribution in [0.4, 0.5) is 0 Å². The SMILES string of the molecule is CCC(=O)N1N=C2c3ccc(OC)cc3CCC2C1c1ccc(C)cc1. The summed E-state index contributed by atoms with van der Waals surface area (Å²) in [6, 6.07) is 14.7. The molecule has 0 spiro atoms. The Morgan fingerprint density at radius 2 is 2.00 bits per heavy atom. The number of hydrogen-bond acceptors (Lipinski definition) is 3. The fraction of sp³-hybridized carbons (Fsp3) is 0.364. The minimum atomic E-state index is -0.00620. The Kier molecular flexibility index (Phi) is 4.27. The van der Waals surface area contributed by atoms with Gasteiger partial charge < -0.3 is 4.74 Å². The first-order valence-corrected chi connectivity index (χ1v) is 9.26. The first kappa shape index (κ1) is 16.8. The molecule has 1 aliphatic heterocycles. The van der Waals surface area contributed by atoms with Crippen LogP contribution in [0.1, 0.15) is 48.1 Å². The summed E-state index contributed by atoms with van der Waals surface area (Å²) >= 11 is 0. The van der Waals surface area contributed by atoms with Crippen LogP contribution in [0.2, 0.25) is 0 Å². The largest absolute Gasteiger partial charge is 0.497 e. The predicted molar refractivity (Wildman–Crippen MR) is 102 cm³/mol. The third-order valence-corrected chi connectivity index (χ3v) is 5.50. The summed E-state index contributed by atoms with van der Waals surface area (Å²) in [5.41, 5.74) is 5.85. The number of rotatable bonds is 3. The van der Waals surface area contributed by atoms with Gasteiger partial charge in [0.15, 0.2) is 0 Å². The lowest BCUT2D eigenvalue weighted by Gasteiger charge is -2.29. The predicted octanol–water partition coefficient (Wildman–Crippen LogP) is 4.26. The van der Waals surface area contributed by atoms with Crippen molar-refractivity contribution >= 4 is 11.6 Å². The van der Waals surface area contributed by atoms with E-state index in [0.717, 1.165) is 35.4 Å². The Balaban J connectivity index is 1.78. The zero-order valence-corrected chi connectivity index (χ0v) is 15.5. The molecular weight excluding hydrogens is 324 g/mol. The molecule has 2 aliphatic rings. The zero-order valence-electron chi connectivity index (χ0n) is 15.5. The average Bonchev–Trinajstić information content (AvgIpc) is 3.07. The van der Waals surface area contributed by atoms with Crippen LogP contribution in [0.3, 0.4) is 0 Å². The molecule has 0 saturated heterocycles. The van der Waals surface area contributed by atoms with Gasteiger partial charge in [0, 0.05) is 17.9 Å². The molecule has 0 aromatic heterocycles. The molecule has 26 heavy (non-hydrogen) atoms. The van der Waals surface area contributed by atoms with Crippen LogP contribution in [0.5, 0.6) is 5.75 Å². The molecule has 0 saturated carbocycles. The van der Waals surface area contributed by atoms with Gasteiger partial charge in [-0.05, 0) is 49.1 Å². The van der Waals surface area contributed by atoms with Crippen molar-refractivity contribution in [3.05, 3.63) is 64.7 Å². The van der Waals surface area contributed by atoms with Crippen LogP contribution in [0, 0.1) is 12.8 Å². The van der Waals surface area contributed by atoms with Gasteiger partial charge in [0.1, 0.15) is 5.75 Å². The van der Waals surface area contributed by atoms with Crippen molar-refractivity contribution in [2.75, 3.05) is 7.11 Å². The van der Waals surface area contributed by atoms with E-state index < -0.39 is 0 Å². The number of ether oxygens (including phenoxy) is 1. The smallest absolute Gasteiger partial charge is 0.242 e. The normalized spacial score (nSPS) is 21.0. The maximum Gasteiger partial charge on any atom is 0.242 e. The monoisotopic (exact) mass is 348 g/mol. The highest BCUT2D eigenvalue weighted by Crippen LogP contribution is 2.44. The van der Waals surface area contributed by atoms with E-state index in [1.165, 1.54) is 11.1 Å². The Morgan fingerprint density at radius 3 is 2.69 bits per heavy atom. The molecule has 0 N–H and O–H groups in total. The minimum Gasteiger partial charge on any atom is -0.497 e. The van der Waals surface area contributed by atoms with E-state index >= 15 is 0 Å². The molecule has 1 heterocycles. The maximum absolute atomic E-state index is 12.6. The van der Waals surface area contributed by atoms with Gasteiger partial charge in [-0.15, -0.1) is 0 Å². The van der Waals surface area contributed by atoms with Crippen molar-refractivity contribution in [1.29, 1.82) is 0 Å². The maximum atomic E-state index is 12.6. The van der Waals surface area contributed by atoms with Gasteiger partial charge in [-0.3, -0.25) is 4.79 Å². The number of hydrazone groups is 1. The summed E-state index contributed by atoms with van der Waals surface area (Å²) in [6.45, 7) is 3.98. The average molecular weight is 348 g/mol. The Hall–Kier alpha value is -2.62. The molecule has 0 bridgehead atoms. The van der Waals surface area contributed by atoms with Gasteiger partial charge in [0.05, 0.1) is 18.9 Å². The lowest BCUT2D eigenvalue weighted by atomic mass is 9.77. The fourth-order valence-electron chi connectivity index (χ4n) is 4.10. The minimum absolute atomic E-state index is 0.00620. The lowest BCUT2D eigenvalue weighted by molar-refractivity contribution is -0.133. The Labute approximate surface area is 154 Å². The van der Waals surface area contributed by atoms with E-state index in [1.54, 1.807) is 12.1 Å². The summed E-state index contributed by atoms with van der Waals surface area (Å²) in [4.78, 5) is 12.6. The van der Waals surface area contributed by atoms with Gasteiger partial charge in [0.25, 0.3) is 0 Å². The lowest BCUT2D eigenvalue weighted by Crippen LogP contribution is -2.31. The quantitative estimate of drug-likeness (QED) is 0.831. The topological polar surface area (TPSA) is 41.9 Å². The molecule has 1 amide bonds. The molecule has 2 unspecified atom stereocenters. The second kappa shape index (κ2) is 6.60. The highest BCUT2D eigenvalue weighted by Gasteiger charge is 2.43. The first-order valence-electron chi connectivity index (χ1n) is 9.26. The van der Waals surface area contributed by atoms with Crippen LogP contribution in [0.25, 0.3) is 0 Å². The number of hydrogen-bond donors (Lipinski definition) is 0. The number of benzene rings is 2. The summed E-state index contributed by atoms with van der Waals surface area (Å²) in [5, 5.41) is 6.54. The van der Waals surface area contributed by atoms with Crippen LogP contribution < -0.4 is 4.74 Å². The third kappa shape index (κ3) is 2.70. The molecule has 4 rings (SSSR count). The van der Waals surface area contributed by atoms with Gasteiger partial charge in [-0.1, -0.05) is 36.8 Å². The fourth-order valence-corrected chi connectivity index (χ4v) is 4.10. The van der Waals surface area contributed by atoms with Gasteiger partial charge in [0.2, 0.25) is 5.91 Å². The molecule has 2 aromatic rings. The third-order valence-electron chi connectivity index (χ3n) is 5.50. The second-order valence-electron chi connectivity index (χ2n) is 7.10. The molecule has 0 fully saturated rings. The van der Waals surface area contributed by atoms with Crippen LogP contribution in [-0.2, 0) is 11.2 Å². The molecule has 0 radical (unpaired) electrons. The number of fused-ring (bicyclic) bond motifs is 3. The van der Waals surface area contributed by atoms with Crippen molar-refractivity contribution in [3.8, 4) is 5.75 Å². The standard InChI is InChI=1S/C22H24N2O2/c1-4-20(25)24-22(15-7-5-14(2)6-8-15)19-11-9-16-13-17(26-3)10-12-18(16)21(19)23-24/h5-8,10,12-13,19,22H,4,9,11H2,1-3H3. The number of carbonyl (C=O) groups excluding carboxylic acids is 1. The number of carbonyl (C=O) groups is 1. The van der Waals surface area contributed by atoms with Gasteiger partial charge in [-0.25, -0.2) is 5.01 Å². The van der Waals surface area contributed by atoms with E-state index in [9.17, 15) is 4.79 Å². The molecule has 4 nitrogen and oxygen atoms in total.